The van der Waals surface area contributed by atoms with Crippen molar-refractivity contribution in [2.45, 2.75) is 18.0 Å². The van der Waals surface area contributed by atoms with Crippen LogP contribution in [0.2, 0.25) is 0 Å². The first-order valence-corrected chi connectivity index (χ1v) is 11.1. The molecule has 0 atom stereocenters. The Morgan fingerprint density at radius 2 is 1.91 bits per heavy atom. The molecule has 0 spiro atoms. The molecule has 2 amide bonds. The van der Waals surface area contributed by atoms with E-state index in [1.54, 1.807) is 4.90 Å². The molecular weight excluding hydrogens is 431 g/mol. The molecule has 3 aromatic rings. The van der Waals surface area contributed by atoms with Crippen molar-refractivity contribution in [2.24, 2.45) is 7.05 Å². The molecule has 2 aromatic carbocycles. The van der Waals surface area contributed by atoms with Gasteiger partial charge in [0.1, 0.15) is 11.4 Å². The highest BCUT2D eigenvalue weighted by molar-refractivity contribution is 7.99. The van der Waals surface area contributed by atoms with Crippen LogP contribution in [0.5, 0.6) is 0 Å². The van der Waals surface area contributed by atoms with E-state index in [4.69, 9.17) is 0 Å². The number of hydrogen-bond acceptors (Lipinski definition) is 5. The maximum absolute atomic E-state index is 13.0. The molecule has 1 aliphatic rings. The van der Waals surface area contributed by atoms with E-state index < -0.39 is 17.3 Å². The number of aromatic nitrogens is 2. The highest BCUT2D eigenvalue weighted by atomic mass is 32.2. The van der Waals surface area contributed by atoms with Gasteiger partial charge in [-0.25, -0.2) is 9.37 Å². The molecule has 1 N–H and O–H groups in total. The van der Waals surface area contributed by atoms with E-state index in [2.05, 4.69) is 10.3 Å². The van der Waals surface area contributed by atoms with E-state index in [0.717, 1.165) is 35.9 Å². The largest absolute Gasteiger partial charge is 0.322 e. The van der Waals surface area contributed by atoms with Gasteiger partial charge in [-0.2, -0.15) is 0 Å². The van der Waals surface area contributed by atoms with E-state index in [9.17, 15) is 18.8 Å². The number of hydrogen-bond donors (Lipinski definition) is 1. The molecule has 0 unspecified atom stereocenters. The van der Waals surface area contributed by atoms with Gasteiger partial charge in [0.2, 0.25) is 5.91 Å². The molecule has 32 heavy (non-hydrogen) atoms. The zero-order valence-corrected chi connectivity index (χ0v) is 18.2. The monoisotopic (exact) mass is 452 g/mol. The molecule has 1 aliphatic heterocycles. The van der Waals surface area contributed by atoms with Crippen molar-refractivity contribution < 1.29 is 14.0 Å². The number of aryl methyl sites for hydroxylation is 1. The Bertz CT molecular complexity index is 1230. The first-order valence-electron chi connectivity index (χ1n) is 10.1. The quantitative estimate of drug-likeness (QED) is 0.475. The van der Waals surface area contributed by atoms with Crippen LogP contribution in [-0.2, 0) is 18.3 Å². The number of nitrogens with zero attached hydrogens (tertiary/aromatic N) is 3. The van der Waals surface area contributed by atoms with Gasteiger partial charge in [-0.3, -0.25) is 19.0 Å². The molecule has 0 saturated carbocycles. The smallest absolute Gasteiger partial charge is 0.266 e. The number of nitrogens with one attached hydrogen (secondary N) is 1. The summed E-state index contributed by atoms with van der Waals surface area (Å²) in [6.07, 6.45) is 3.05. The lowest BCUT2D eigenvalue weighted by Crippen LogP contribution is -2.37. The number of carbonyl (C=O) groups is 2. The standard InChI is InChI=1S/C23H21FN4O3S/c1-27-22(31)18(21(30)26-17-10-8-16(24)9-11-17)13-25-23(27)32-14-20(29)28-12-4-6-15-5-2-3-7-19(15)28/h2-3,5,7-11,13H,4,6,12,14H2,1H3,(H,26,30). The number of amides is 2. The van der Waals surface area contributed by atoms with Gasteiger partial charge in [0.15, 0.2) is 5.16 Å². The van der Waals surface area contributed by atoms with Crippen molar-refractivity contribution in [1.82, 2.24) is 9.55 Å². The molecule has 0 fully saturated rings. The fourth-order valence-corrected chi connectivity index (χ4v) is 4.36. The third-order valence-corrected chi connectivity index (χ3v) is 6.24. The van der Waals surface area contributed by atoms with Crippen molar-refractivity contribution in [3.05, 3.63) is 82.0 Å². The summed E-state index contributed by atoms with van der Waals surface area (Å²) >= 11 is 1.15. The Balaban J connectivity index is 1.45. The number of para-hydroxylation sites is 1. The third kappa shape index (κ3) is 4.57. The van der Waals surface area contributed by atoms with E-state index in [1.807, 2.05) is 24.3 Å². The Labute approximate surface area is 188 Å². The Morgan fingerprint density at radius 1 is 1.16 bits per heavy atom. The van der Waals surface area contributed by atoms with Crippen molar-refractivity contribution in [1.29, 1.82) is 0 Å². The molecule has 0 radical (unpaired) electrons. The summed E-state index contributed by atoms with van der Waals surface area (Å²) in [6.45, 7) is 0.658. The number of thioether (sulfide) groups is 1. The number of halogens is 1. The summed E-state index contributed by atoms with van der Waals surface area (Å²) < 4.78 is 14.3. The van der Waals surface area contributed by atoms with Gasteiger partial charge >= 0.3 is 0 Å². The Hall–Kier alpha value is -3.46. The van der Waals surface area contributed by atoms with Crippen molar-refractivity contribution in [3.8, 4) is 0 Å². The van der Waals surface area contributed by atoms with Gasteiger partial charge in [0.05, 0.1) is 5.75 Å². The van der Waals surface area contributed by atoms with Crippen LogP contribution in [-0.4, -0.2) is 33.7 Å². The van der Waals surface area contributed by atoms with Crippen LogP contribution < -0.4 is 15.8 Å². The lowest BCUT2D eigenvalue weighted by atomic mass is 10.0. The molecule has 1 aromatic heterocycles. The van der Waals surface area contributed by atoms with Gasteiger partial charge in [-0.15, -0.1) is 0 Å². The minimum absolute atomic E-state index is 0.0606. The van der Waals surface area contributed by atoms with E-state index in [-0.39, 0.29) is 17.2 Å². The normalized spacial score (nSPS) is 12.9. The predicted molar refractivity (Wildman–Crippen MR) is 122 cm³/mol. The summed E-state index contributed by atoms with van der Waals surface area (Å²) in [5.41, 5.74) is 1.78. The summed E-state index contributed by atoms with van der Waals surface area (Å²) in [7, 11) is 1.51. The number of benzene rings is 2. The van der Waals surface area contributed by atoms with E-state index >= 15 is 0 Å². The van der Waals surface area contributed by atoms with Crippen LogP contribution in [0.3, 0.4) is 0 Å². The second-order valence-corrected chi connectivity index (χ2v) is 8.29. The molecule has 4 rings (SSSR count). The third-order valence-electron chi connectivity index (χ3n) is 5.21. The minimum atomic E-state index is -0.637. The first-order chi connectivity index (χ1) is 15.4. The predicted octanol–water partition coefficient (Wildman–Crippen LogP) is 3.24. The van der Waals surface area contributed by atoms with Crippen LogP contribution in [0.1, 0.15) is 22.3 Å². The Kier molecular flexibility index (Phi) is 6.36. The Morgan fingerprint density at radius 3 is 2.69 bits per heavy atom. The zero-order valence-electron chi connectivity index (χ0n) is 17.4. The summed E-state index contributed by atoms with van der Waals surface area (Å²) in [5, 5.41) is 2.89. The number of fused-ring (bicyclic) bond motifs is 1. The average molecular weight is 453 g/mol. The second-order valence-electron chi connectivity index (χ2n) is 7.35. The highest BCUT2D eigenvalue weighted by Crippen LogP contribution is 2.27. The van der Waals surface area contributed by atoms with Crippen molar-refractivity contribution >= 4 is 35.0 Å². The van der Waals surface area contributed by atoms with Gasteiger partial charge in [-0.1, -0.05) is 30.0 Å². The average Bonchev–Trinajstić information content (AvgIpc) is 2.81. The summed E-state index contributed by atoms with van der Waals surface area (Å²) in [5.74, 6) is -1.00. The molecule has 0 bridgehead atoms. The van der Waals surface area contributed by atoms with Crippen LogP contribution in [0, 0.1) is 5.82 Å². The highest BCUT2D eigenvalue weighted by Gasteiger charge is 2.23. The minimum Gasteiger partial charge on any atom is -0.322 e. The SMILES string of the molecule is Cn1c(SCC(=O)N2CCCc3ccccc32)ncc(C(=O)Nc2ccc(F)cc2)c1=O. The lowest BCUT2D eigenvalue weighted by Gasteiger charge is -2.29. The molecule has 7 nitrogen and oxygen atoms in total. The summed E-state index contributed by atoms with van der Waals surface area (Å²) in [6, 6.07) is 13.1. The van der Waals surface area contributed by atoms with Gasteiger partial charge in [0, 0.05) is 31.2 Å². The van der Waals surface area contributed by atoms with Crippen LogP contribution in [0.15, 0.2) is 64.7 Å². The fraction of sp³-hybridized carbons (Fsp3) is 0.217. The number of rotatable bonds is 5. The molecule has 0 aliphatic carbocycles. The fourth-order valence-electron chi connectivity index (χ4n) is 3.55. The topological polar surface area (TPSA) is 84.3 Å². The number of anilines is 2. The van der Waals surface area contributed by atoms with Crippen LogP contribution >= 0.6 is 11.8 Å². The maximum atomic E-state index is 13.0. The van der Waals surface area contributed by atoms with Crippen molar-refractivity contribution in [3.63, 3.8) is 0 Å². The van der Waals surface area contributed by atoms with Crippen molar-refractivity contribution in [2.75, 3.05) is 22.5 Å². The zero-order chi connectivity index (χ0) is 22.7. The second kappa shape index (κ2) is 9.35. The van der Waals surface area contributed by atoms with Gasteiger partial charge < -0.3 is 10.2 Å². The van der Waals surface area contributed by atoms with Crippen LogP contribution in [0.4, 0.5) is 15.8 Å². The van der Waals surface area contributed by atoms with E-state index in [1.165, 1.54) is 42.1 Å². The molecule has 9 heteroatoms. The van der Waals surface area contributed by atoms with Gasteiger partial charge in [-0.05, 0) is 48.7 Å². The lowest BCUT2D eigenvalue weighted by molar-refractivity contribution is -0.116. The van der Waals surface area contributed by atoms with Gasteiger partial charge in [0.25, 0.3) is 11.5 Å². The molecule has 164 valence electrons. The van der Waals surface area contributed by atoms with Crippen LogP contribution in [0.25, 0.3) is 0 Å². The van der Waals surface area contributed by atoms with E-state index in [0.29, 0.717) is 17.4 Å². The molecular formula is C23H21FN4O3S. The maximum Gasteiger partial charge on any atom is 0.266 e. The molecule has 0 saturated heterocycles. The summed E-state index contributed by atoms with van der Waals surface area (Å²) in [4.78, 5) is 43.9. The number of carbonyl (C=O) groups excluding carboxylic acids is 2. The first kappa shape index (κ1) is 21.8. The molecule has 2 heterocycles.